The molecule has 0 aromatic carbocycles. The second kappa shape index (κ2) is 4.39. The smallest absolute Gasteiger partial charge is 0.217 e. The molecule has 0 aromatic rings. The van der Waals surface area contributed by atoms with Crippen LogP contribution in [0.2, 0.25) is 0 Å². The SMILES string of the molecule is NCC1CCCCCN1S(=O)(=O)C1CC1. The molecular weight excluding hydrogens is 212 g/mol. The van der Waals surface area contributed by atoms with E-state index in [0.717, 1.165) is 38.5 Å². The van der Waals surface area contributed by atoms with Gasteiger partial charge in [0.1, 0.15) is 0 Å². The summed E-state index contributed by atoms with van der Waals surface area (Å²) in [5.41, 5.74) is 5.67. The highest BCUT2D eigenvalue weighted by molar-refractivity contribution is 7.90. The van der Waals surface area contributed by atoms with Gasteiger partial charge in [0.15, 0.2) is 0 Å². The Morgan fingerprint density at radius 2 is 1.87 bits per heavy atom. The van der Waals surface area contributed by atoms with Gasteiger partial charge in [-0.15, -0.1) is 0 Å². The van der Waals surface area contributed by atoms with Crippen LogP contribution in [-0.4, -0.2) is 37.1 Å². The van der Waals surface area contributed by atoms with Crippen molar-refractivity contribution >= 4 is 10.0 Å². The summed E-state index contributed by atoms with van der Waals surface area (Å²) in [6.07, 6.45) is 5.85. The van der Waals surface area contributed by atoms with Gasteiger partial charge in [-0.1, -0.05) is 12.8 Å². The molecule has 0 amide bonds. The molecule has 15 heavy (non-hydrogen) atoms. The molecular formula is C10H20N2O2S. The Labute approximate surface area is 91.9 Å². The normalized spacial score (nSPS) is 30.1. The van der Waals surface area contributed by atoms with Crippen LogP contribution in [0, 0.1) is 0 Å². The van der Waals surface area contributed by atoms with Crippen molar-refractivity contribution in [2.75, 3.05) is 13.1 Å². The van der Waals surface area contributed by atoms with Crippen LogP contribution >= 0.6 is 0 Å². The Kier molecular flexibility index (Phi) is 3.33. The lowest BCUT2D eigenvalue weighted by molar-refractivity contribution is 0.327. The van der Waals surface area contributed by atoms with Crippen LogP contribution in [0.3, 0.4) is 0 Å². The van der Waals surface area contributed by atoms with Crippen molar-refractivity contribution in [3.05, 3.63) is 0 Å². The van der Waals surface area contributed by atoms with Crippen LogP contribution in [0.15, 0.2) is 0 Å². The number of nitrogens with two attached hydrogens (primary N) is 1. The largest absolute Gasteiger partial charge is 0.329 e. The number of hydrogen-bond donors (Lipinski definition) is 1. The lowest BCUT2D eigenvalue weighted by atomic mass is 10.1. The fourth-order valence-corrected chi connectivity index (χ4v) is 4.38. The predicted octanol–water partition coefficient (Wildman–Crippen LogP) is 0.682. The van der Waals surface area contributed by atoms with Gasteiger partial charge >= 0.3 is 0 Å². The Hall–Kier alpha value is -0.130. The van der Waals surface area contributed by atoms with Crippen molar-refractivity contribution < 1.29 is 8.42 Å². The van der Waals surface area contributed by atoms with Crippen LogP contribution in [0.25, 0.3) is 0 Å². The van der Waals surface area contributed by atoms with Crippen LogP contribution < -0.4 is 5.73 Å². The van der Waals surface area contributed by atoms with Crippen molar-refractivity contribution in [2.45, 2.75) is 49.8 Å². The van der Waals surface area contributed by atoms with E-state index in [2.05, 4.69) is 0 Å². The molecule has 2 N–H and O–H groups in total. The Balaban J connectivity index is 2.15. The first-order valence-corrected chi connectivity index (χ1v) is 7.37. The van der Waals surface area contributed by atoms with Crippen molar-refractivity contribution in [2.24, 2.45) is 5.73 Å². The third kappa shape index (κ3) is 2.34. The van der Waals surface area contributed by atoms with Crippen LogP contribution in [0.1, 0.15) is 38.5 Å². The molecule has 2 rings (SSSR count). The highest BCUT2D eigenvalue weighted by atomic mass is 32.2. The van der Waals surface area contributed by atoms with Gasteiger partial charge in [-0.2, -0.15) is 4.31 Å². The highest BCUT2D eigenvalue weighted by Crippen LogP contribution is 2.33. The molecule has 1 saturated carbocycles. The number of sulfonamides is 1. The average Bonchev–Trinajstić information content (AvgIpc) is 3.04. The molecule has 1 aliphatic heterocycles. The molecule has 5 heteroatoms. The van der Waals surface area contributed by atoms with E-state index in [1.54, 1.807) is 4.31 Å². The Morgan fingerprint density at radius 3 is 2.47 bits per heavy atom. The molecule has 1 atom stereocenters. The molecule has 2 fully saturated rings. The van der Waals surface area contributed by atoms with E-state index in [0.29, 0.717) is 13.1 Å². The van der Waals surface area contributed by atoms with Gasteiger partial charge in [0.05, 0.1) is 5.25 Å². The Morgan fingerprint density at radius 1 is 1.13 bits per heavy atom. The molecule has 1 saturated heterocycles. The molecule has 0 spiro atoms. The van der Waals surface area contributed by atoms with E-state index in [1.165, 1.54) is 0 Å². The van der Waals surface area contributed by atoms with E-state index in [-0.39, 0.29) is 11.3 Å². The zero-order valence-electron chi connectivity index (χ0n) is 9.06. The summed E-state index contributed by atoms with van der Waals surface area (Å²) in [6, 6.07) is 0.0538. The van der Waals surface area contributed by atoms with Gasteiger partial charge in [0, 0.05) is 19.1 Å². The third-order valence-electron chi connectivity index (χ3n) is 3.37. The monoisotopic (exact) mass is 232 g/mol. The van der Waals surface area contributed by atoms with Gasteiger partial charge in [-0.05, 0) is 25.7 Å². The molecule has 1 unspecified atom stereocenters. The van der Waals surface area contributed by atoms with Crippen molar-refractivity contribution in [3.8, 4) is 0 Å². The average molecular weight is 232 g/mol. The van der Waals surface area contributed by atoms with Gasteiger partial charge in [-0.3, -0.25) is 0 Å². The Bertz CT molecular complexity index is 311. The van der Waals surface area contributed by atoms with E-state index < -0.39 is 10.0 Å². The highest BCUT2D eigenvalue weighted by Gasteiger charge is 2.42. The van der Waals surface area contributed by atoms with Crippen molar-refractivity contribution in [1.82, 2.24) is 4.31 Å². The summed E-state index contributed by atoms with van der Waals surface area (Å²) in [7, 11) is -3.02. The minimum atomic E-state index is -3.02. The van der Waals surface area contributed by atoms with Gasteiger partial charge < -0.3 is 5.73 Å². The summed E-state index contributed by atoms with van der Waals surface area (Å²) in [5.74, 6) is 0. The lowest BCUT2D eigenvalue weighted by Gasteiger charge is -2.28. The molecule has 1 heterocycles. The maximum atomic E-state index is 12.1. The van der Waals surface area contributed by atoms with E-state index in [4.69, 9.17) is 5.73 Å². The summed E-state index contributed by atoms with van der Waals surface area (Å²) < 4.78 is 26.0. The lowest BCUT2D eigenvalue weighted by Crippen LogP contribution is -2.45. The first-order chi connectivity index (χ1) is 7.16. The van der Waals surface area contributed by atoms with Crippen LogP contribution in [-0.2, 0) is 10.0 Å². The van der Waals surface area contributed by atoms with E-state index in [1.807, 2.05) is 0 Å². The van der Waals surface area contributed by atoms with Crippen LogP contribution in [0.4, 0.5) is 0 Å². The first kappa shape index (κ1) is 11.4. The topological polar surface area (TPSA) is 63.4 Å². The van der Waals surface area contributed by atoms with Crippen molar-refractivity contribution in [3.63, 3.8) is 0 Å². The molecule has 1 aliphatic carbocycles. The maximum Gasteiger partial charge on any atom is 0.217 e. The molecule has 0 bridgehead atoms. The minimum Gasteiger partial charge on any atom is -0.329 e. The number of nitrogens with zero attached hydrogens (tertiary/aromatic N) is 1. The fourth-order valence-electron chi connectivity index (χ4n) is 2.28. The summed E-state index contributed by atoms with van der Waals surface area (Å²) in [6.45, 7) is 1.15. The molecule has 0 aromatic heterocycles. The molecule has 2 aliphatic rings. The van der Waals surface area contributed by atoms with Gasteiger partial charge in [0.2, 0.25) is 10.0 Å². The predicted molar refractivity (Wildman–Crippen MR) is 60.0 cm³/mol. The zero-order valence-corrected chi connectivity index (χ0v) is 9.88. The second-order valence-electron chi connectivity index (χ2n) is 4.59. The summed E-state index contributed by atoms with van der Waals surface area (Å²) in [5, 5.41) is -0.0929. The van der Waals surface area contributed by atoms with E-state index in [9.17, 15) is 8.42 Å². The number of rotatable bonds is 3. The fraction of sp³-hybridized carbons (Fsp3) is 1.00. The summed E-state index contributed by atoms with van der Waals surface area (Å²) in [4.78, 5) is 0. The minimum absolute atomic E-state index is 0.0538. The standard InChI is InChI=1S/C10H20N2O2S/c11-8-9-4-2-1-3-7-12(9)15(13,14)10-5-6-10/h9-10H,1-8,11H2. The van der Waals surface area contributed by atoms with Gasteiger partial charge in [0.25, 0.3) is 0 Å². The molecule has 0 radical (unpaired) electrons. The zero-order chi connectivity index (χ0) is 10.9. The van der Waals surface area contributed by atoms with Gasteiger partial charge in [-0.25, -0.2) is 8.42 Å². The summed E-state index contributed by atoms with van der Waals surface area (Å²) >= 11 is 0. The van der Waals surface area contributed by atoms with Crippen molar-refractivity contribution in [1.29, 1.82) is 0 Å². The third-order valence-corrected chi connectivity index (χ3v) is 5.82. The molecule has 88 valence electrons. The number of hydrogen-bond acceptors (Lipinski definition) is 3. The first-order valence-electron chi connectivity index (χ1n) is 5.87. The second-order valence-corrected chi connectivity index (χ2v) is 6.76. The maximum absolute atomic E-state index is 12.1. The quantitative estimate of drug-likeness (QED) is 0.778. The van der Waals surface area contributed by atoms with Crippen LogP contribution in [0.5, 0.6) is 0 Å². The molecule has 4 nitrogen and oxygen atoms in total. The van der Waals surface area contributed by atoms with E-state index >= 15 is 0 Å².